The SMILES string of the molecule is COc1ccc(CCNC(=O)[C@@H]2Cc3cc([N+](=O)[O-])ccc3N3CCN(Cc4ccccc4)C[C@@H]23)cc1. The molecule has 0 aliphatic carbocycles. The number of nitrogens with zero attached hydrogens (tertiary/aromatic N) is 3. The number of fused-ring (bicyclic) bond motifs is 3. The van der Waals surface area contributed by atoms with E-state index in [0.717, 1.165) is 55.2 Å². The number of hydrogen-bond donors (Lipinski definition) is 1. The second-order valence-corrected chi connectivity index (χ2v) is 9.75. The topological polar surface area (TPSA) is 87.9 Å². The highest BCUT2D eigenvalue weighted by atomic mass is 16.6. The van der Waals surface area contributed by atoms with Gasteiger partial charge in [-0.3, -0.25) is 19.8 Å². The van der Waals surface area contributed by atoms with Gasteiger partial charge in [-0.15, -0.1) is 0 Å². The largest absolute Gasteiger partial charge is 0.497 e. The third-order valence-corrected chi connectivity index (χ3v) is 7.45. The predicted molar refractivity (Wildman–Crippen MR) is 143 cm³/mol. The molecule has 3 aromatic rings. The number of nitro groups is 1. The summed E-state index contributed by atoms with van der Waals surface area (Å²) in [6, 6.07) is 23.3. The highest BCUT2D eigenvalue weighted by Crippen LogP contribution is 2.38. The second-order valence-electron chi connectivity index (χ2n) is 9.75. The van der Waals surface area contributed by atoms with Crippen LogP contribution in [0.4, 0.5) is 11.4 Å². The Hall–Kier alpha value is -3.91. The monoisotopic (exact) mass is 500 g/mol. The van der Waals surface area contributed by atoms with Gasteiger partial charge in [0.2, 0.25) is 5.91 Å². The molecular formula is C29H32N4O4. The second kappa shape index (κ2) is 11.0. The van der Waals surface area contributed by atoms with Crippen LogP contribution < -0.4 is 15.0 Å². The fourth-order valence-corrected chi connectivity index (χ4v) is 5.52. The summed E-state index contributed by atoms with van der Waals surface area (Å²) in [4.78, 5) is 29.3. The molecule has 2 heterocycles. The van der Waals surface area contributed by atoms with Crippen molar-refractivity contribution in [1.29, 1.82) is 0 Å². The number of ether oxygens (including phenoxy) is 1. The molecule has 0 saturated carbocycles. The van der Waals surface area contributed by atoms with E-state index in [1.54, 1.807) is 19.2 Å². The van der Waals surface area contributed by atoms with Crippen molar-refractivity contribution in [1.82, 2.24) is 10.2 Å². The Morgan fingerprint density at radius 3 is 2.57 bits per heavy atom. The first kappa shape index (κ1) is 24.8. The van der Waals surface area contributed by atoms with Crippen LogP contribution in [0.2, 0.25) is 0 Å². The van der Waals surface area contributed by atoms with E-state index in [9.17, 15) is 14.9 Å². The molecule has 0 unspecified atom stereocenters. The minimum absolute atomic E-state index is 0.00206. The van der Waals surface area contributed by atoms with Crippen molar-refractivity contribution in [3.63, 3.8) is 0 Å². The number of benzene rings is 3. The maximum atomic E-state index is 13.5. The number of carbonyl (C=O) groups excluding carboxylic acids is 1. The Kier molecular flexibility index (Phi) is 7.37. The van der Waals surface area contributed by atoms with Gasteiger partial charge in [-0.25, -0.2) is 0 Å². The Morgan fingerprint density at radius 1 is 1.05 bits per heavy atom. The van der Waals surface area contributed by atoms with Crippen LogP contribution in [0.25, 0.3) is 0 Å². The van der Waals surface area contributed by atoms with Crippen molar-refractivity contribution in [3.05, 3.63) is 99.6 Å². The zero-order valence-electron chi connectivity index (χ0n) is 21.0. The molecule has 0 radical (unpaired) electrons. The Balaban J connectivity index is 1.32. The van der Waals surface area contributed by atoms with Crippen molar-refractivity contribution in [2.45, 2.75) is 25.4 Å². The number of piperazine rings is 1. The van der Waals surface area contributed by atoms with Crippen LogP contribution in [-0.4, -0.2) is 55.1 Å². The number of methoxy groups -OCH3 is 1. The lowest BCUT2D eigenvalue weighted by atomic mass is 9.83. The average molecular weight is 501 g/mol. The summed E-state index contributed by atoms with van der Waals surface area (Å²) in [6.07, 6.45) is 1.21. The summed E-state index contributed by atoms with van der Waals surface area (Å²) in [7, 11) is 1.64. The lowest BCUT2D eigenvalue weighted by Crippen LogP contribution is -2.61. The van der Waals surface area contributed by atoms with Gasteiger partial charge >= 0.3 is 0 Å². The van der Waals surface area contributed by atoms with Crippen molar-refractivity contribution < 1.29 is 14.5 Å². The highest BCUT2D eigenvalue weighted by Gasteiger charge is 2.41. The van der Waals surface area contributed by atoms with E-state index in [2.05, 4.69) is 39.4 Å². The third kappa shape index (κ3) is 5.59. The van der Waals surface area contributed by atoms with Gasteiger partial charge in [0.15, 0.2) is 0 Å². The molecule has 8 heteroatoms. The standard InChI is InChI=1S/C29H32N4O4/c1-37-25-10-7-21(8-11-25)13-14-30-29(34)26-18-23-17-24(33(35)36)9-12-27(23)32-16-15-31(20-28(26)32)19-22-5-3-2-4-6-22/h2-12,17,26,28H,13-16,18-20H2,1H3,(H,30,34)/t26-,28+/m1/s1. The molecule has 1 fully saturated rings. The summed E-state index contributed by atoms with van der Waals surface area (Å²) in [5, 5.41) is 14.6. The molecular weight excluding hydrogens is 468 g/mol. The van der Waals surface area contributed by atoms with Crippen LogP contribution in [0, 0.1) is 16.0 Å². The molecule has 2 atom stereocenters. The summed E-state index contributed by atoms with van der Waals surface area (Å²) in [5.41, 5.74) is 4.33. The average Bonchev–Trinajstić information content (AvgIpc) is 2.93. The Labute approximate surface area is 217 Å². The van der Waals surface area contributed by atoms with Crippen molar-refractivity contribution >= 4 is 17.3 Å². The highest BCUT2D eigenvalue weighted by molar-refractivity contribution is 5.82. The van der Waals surface area contributed by atoms with Crippen LogP contribution in [0.15, 0.2) is 72.8 Å². The van der Waals surface area contributed by atoms with E-state index in [4.69, 9.17) is 4.74 Å². The maximum Gasteiger partial charge on any atom is 0.269 e. The number of carbonyl (C=O) groups is 1. The summed E-state index contributed by atoms with van der Waals surface area (Å²) < 4.78 is 5.22. The Bertz CT molecular complexity index is 1250. The van der Waals surface area contributed by atoms with Gasteiger partial charge in [0.25, 0.3) is 5.69 Å². The number of nitro benzene ring substituents is 1. The lowest BCUT2D eigenvalue weighted by molar-refractivity contribution is -0.384. The van der Waals surface area contributed by atoms with Gasteiger partial charge in [0.05, 0.1) is 24.0 Å². The summed E-state index contributed by atoms with van der Waals surface area (Å²) >= 11 is 0. The van der Waals surface area contributed by atoms with Gasteiger partial charge in [0.1, 0.15) is 5.75 Å². The van der Waals surface area contributed by atoms with E-state index in [1.807, 2.05) is 36.4 Å². The molecule has 3 aromatic carbocycles. The third-order valence-electron chi connectivity index (χ3n) is 7.45. The Morgan fingerprint density at radius 2 is 1.84 bits per heavy atom. The fraction of sp³-hybridized carbons (Fsp3) is 0.345. The minimum atomic E-state index is -0.367. The van der Waals surface area contributed by atoms with Gasteiger partial charge in [-0.1, -0.05) is 42.5 Å². The molecule has 5 rings (SSSR count). The van der Waals surface area contributed by atoms with Crippen LogP contribution in [0.5, 0.6) is 5.75 Å². The van der Waals surface area contributed by atoms with Crippen molar-refractivity contribution in [2.75, 3.05) is 38.2 Å². The number of rotatable bonds is 8. The molecule has 2 aliphatic rings. The molecule has 0 spiro atoms. The zero-order chi connectivity index (χ0) is 25.8. The van der Waals surface area contributed by atoms with E-state index < -0.39 is 0 Å². The van der Waals surface area contributed by atoms with Crippen LogP contribution in [0.1, 0.15) is 16.7 Å². The first-order valence-electron chi connectivity index (χ1n) is 12.7. The molecule has 8 nitrogen and oxygen atoms in total. The van der Waals surface area contributed by atoms with Gasteiger partial charge in [-0.05, 0) is 47.7 Å². The molecule has 1 N–H and O–H groups in total. The number of non-ortho nitro benzene ring substituents is 1. The van der Waals surface area contributed by atoms with E-state index >= 15 is 0 Å². The quantitative estimate of drug-likeness (QED) is 0.374. The zero-order valence-corrected chi connectivity index (χ0v) is 21.0. The van der Waals surface area contributed by atoms with E-state index in [0.29, 0.717) is 13.0 Å². The van der Waals surface area contributed by atoms with E-state index in [1.165, 1.54) is 5.56 Å². The van der Waals surface area contributed by atoms with Crippen molar-refractivity contribution in [3.8, 4) is 5.75 Å². The smallest absolute Gasteiger partial charge is 0.269 e. The summed E-state index contributed by atoms with van der Waals surface area (Å²) in [5.74, 6) is 0.520. The van der Waals surface area contributed by atoms with E-state index in [-0.39, 0.29) is 28.5 Å². The first-order chi connectivity index (χ1) is 18.0. The van der Waals surface area contributed by atoms with Crippen LogP contribution in [-0.2, 0) is 24.2 Å². The van der Waals surface area contributed by atoms with Gasteiger partial charge in [-0.2, -0.15) is 0 Å². The molecule has 0 bridgehead atoms. The predicted octanol–water partition coefficient (Wildman–Crippen LogP) is 3.83. The van der Waals surface area contributed by atoms with Crippen molar-refractivity contribution in [2.24, 2.45) is 5.92 Å². The molecule has 37 heavy (non-hydrogen) atoms. The lowest BCUT2D eigenvalue weighted by Gasteiger charge is -2.49. The normalized spacial score (nSPS) is 19.0. The molecule has 1 saturated heterocycles. The molecule has 2 aliphatic heterocycles. The summed E-state index contributed by atoms with van der Waals surface area (Å²) in [6.45, 7) is 3.78. The maximum absolute atomic E-state index is 13.5. The molecule has 192 valence electrons. The number of nitrogens with one attached hydrogen (secondary N) is 1. The van der Waals surface area contributed by atoms with Crippen LogP contribution >= 0.6 is 0 Å². The molecule has 0 aromatic heterocycles. The van der Waals surface area contributed by atoms with Crippen LogP contribution in [0.3, 0.4) is 0 Å². The molecule has 1 amide bonds. The van der Waals surface area contributed by atoms with Gasteiger partial charge in [0, 0.05) is 50.5 Å². The minimum Gasteiger partial charge on any atom is -0.497 e. The fourth-order valence-electron chi connectivity index (χ4n) is 5.52. The van der Waals surface area contributed by atoms with Gasteiger partial charge < -0.3 is 15.0 Å². The number of amides is 1. The first-order valence-corrected chi connectivity index (χ1v) is 12.7. The number of hydrogen-bond acceptors (Lipinski definition) is 6. The number of anilines is 1.